The molecule has 1 N–H and O–H groups in total. The molecule has 2 bridgehead atoms. The number of para-hydroxylation sites is 1. The summed E-state index contributed by atoms with van der Waals surface area (Å²) in [5, 5.41) is 11.1. The smallest absolute Gasteiger partial charge is 0.258 e. The molecule has 23 heavy (non-hydrogen) atoms. The molecule has 6 nitrogen and oxygen atoms in total. The number of nitrogens with zero attached hydrogens (tertiary/aromatic N) is 1. The fourth-order valence-electron chi connectivity index (χ4n) is 4.47. The number of hydrogen-bond acceptors (Lipinski definition) is 4. The summed E-state index contributed by atoms with van der Waals surface area (Å²) in [7, 11) is -3.92. The van der Waals surface area contributed by atoms with Gasteiger partial charge in [-0.05, 0) is 42.1 Å². The lowest BCUT2D eigenvalue weighted by molar-refractivity contribution is -0.387. The van der Waals surface area contributed by atoms with Gasteiger partial charge in [0.15, 0.2) is 4.90 Å². The third-order valence-corrected chi connectivity index (χ3v) is 7.96. The van der Waals surface area contributed by atoms with Crippen LogP contribution in [0.25, 0.3) is 0 Å². The Kier molecular flexibility index (Phi) is 3.57. The first-order valence-corrected chi connectivity index (χ1v) is 9.34. The van der Waals surface area contributed by atoms with Crippen LogP contribution in [-0.2, 0) is 10.0 Å². The fraction of sp³-hybridized carbons (Fsp3) is 0.625. The molecule has 0 unspecified atom stereocenters. The summed E-state index contributed by atoms with van der Waals surface area (Å²) in [6.45, 7) is 6.53. The first-order chi connectivity index (χ1) is 10.6. The van der Waals surface area contributed by atoms with E-state index in [9.17, 15) is 18.5 Å². The van der Waals surface area contributed by atoms with Gasteiger partial charge in [-0.25, -0.2) is 13.1 Å². The Hall–Kier alpha value is -1.47. The SMILES string of the molecule is CC1(C)[C@H]2CC[C@@]1(C)[C@H](NS(=O)(=O)c1ccccc1[N+](=O)[O-])C2. The Labute approximate surface area is 136 Å². The lowest BCUT2D eigenvalue weighted by Crippen LogP contribution is -2.46. The number of sulfonamides is 1. The monoisotopic (exact) mass is 338 g/mol. The predicted molar refractivity (Wildman–Crippen MR) is 86.4 cm³/mol. The van der Waals surface area contributed by atoms with Crippen molar-refractivity contribution in [2.24, 2.45) is 16.7 Å². The van der Waals surface area contributed by atoms with E-state index >= 15 is 0 Å². The highest BCUT2D eigenvalue weighted by molar-refractivity contribution is 7.89. The van der Waals surface area contributed by atoms with Crippen molar-refractivity contribution in [1.29, 1.82) is 0 Å². The minimum absolute atomic E-state index is 0.0722. The maximum absolute atomic E-state index is 12.7. The second-order valence-corrected chi connectivity index (χ2v) is 9.19. The summed E-state index contributed by atoms with van der Waals surface area (Å²) < 4.78 is 28.2. The van der Waals surface area contributed by atoms with Gasteiger partial charge < -0.3 is 0 Å². The van der Waals surface area contributed by atoms with E-state index in [-0.39, 0.29) is 27.5 Å². The molecule has 0 spiro atoms. The van der Waals surface area contributed by atoms with Crippen LogP contribution in [0.15, 0.2) is 29.2 Å². The summed E-state index contributed by atoms with van der Waals surface area (Å²) in [6, 6.07) is 5.32. The lowest BCUT2D eigenvalue weighted by Gasteiger charge is -2.39. The van der Waals surface area contributed by atoms with Crippen molar-refractivity contribution in [3.63, 3.8) is 0 Å². The maximum Gasteiger partial charge on any atom is 0.289 e. The van der Waals surface area contributed by atoms with Gasteiger partial charge in [0, 0.05) is 12.1 Å². The molecule has 0 aromatic heterocycles. The molecular weight excluding hydrogens is 316 g/mol. The Morgan fingerprint density at radius 3 is 2.43 bits per heavy atom. The third kappa shape index (κ3) is 2.29. The highest BCUT2D eigenvalue weighted by atomic mass is 32.2. The van der Waals surface area contributed by atoms with E-state index in [1.807, 2.05) is 0 Å². The molecule has 0 aliphatic heterocycles. The van der Waals surface area contributed by atoms with Gasteiger partial charge in [-0.1, -0.05) is 32.9 Å². The molecule has 1 aromatic carbocycles. The molecular formula is C16H22N2O4S. The Bertz CT molecular complexity index is 759. The molecule has 2 saturated carbocycles. The van der Waals surface area contributed by atoms with E-state index in [0.29, 0.717) is 5.92 Å². The average Bonchev–Trinajstić information content (AvgIpc) is 2.80. The molecule has 3 rings (SSSR count). The average molecular weight is 338 g/mol. The second-order valence-electron chi connectivity index (χ2n) is 7.51. The molecule has 0 radical (unpaired) electrons. The van der Waals surface area contributed by atoms with Crippen molar-refractivity contribution in [2.75, 3.05) is 0 Å². The zero-order valence-corrected chi connectivity index (χ0v) is 14.4. The first kappa shape index (κ1) is 16.4. The van der Waals surface area contributed by atoms with Crippen molar-refractivity contribution in [3.8, 4) is 0 Å². The summed E-state index contributed by atoms with van der Waals surface area (Å²) in [5.74, 6) is 0.492. The Morgan fingerprint density at radius 2 is 1.91 bits per heavy atom. The van der Waals surface area contributed by atoms with Gasteiger partial charge in [0.2, 0.25) is 10.0 Å². The number of fused-ring (bicyclic) bond motifs is 2. The standard InChI is InChI=1S/C16H22N2O4S/c1-15(2)11-8-9-16(15,3)14(10-11)17-23(21,22)13-7-5-4-6-12(13)18(19)20/h4-7,11,14,17H,8-10H2,1-3H3/t11-,14+,16-/m0/s1. The van der Waals surface area contributed by atoms with Gasteiger partial charge in [-0.3, -0.25) is 10.1 Å². The topological polar surface area (TPSA) is 89.3 Å². The maximum atomic E-state index is 12.7. The van der Waals surface area contributed by atoms with Crippen molar-refractivity contribution in [1.82, 2.24) is 4.72 Å². The van der Waals surface area contributed by atoms with E-state index < -0.39 is 14.9 Å². The van der Waals surface area contributed by atoms with Gasteiger partial charge in [-0.15, -0.1) is 0 Å². The van der Waals surface area contributed by atoms with Gasteiger partial charge in [-0.2, -0.15) is 0 Å². The van der Waals surface area contributed by atoms with Crippen LogP contribution in [0.2, 0.25) is 0 Å². The van der Waals surface area contributed by atoms with Crippen LogP contribution < -0.4 is 4.72 Å². The van der Waals surface area contributed by atoms with Crippen LogP contribution >= 0.6 is 0 Å². The van der Waals surface area contributed by atoms with E-state index in [0.717, 1.165) is 19.3 Å². The van der Waals surface area contributed by atoms with E-state index in [1.54, 1.807) is 0 Å². The number of nitrogens with one attached hydrogen (secondary N) is 1. The molecule has 2 aliphatic rings. The fourth-order valence-corrected chi connectivity index (χ4v) is 6.00. The summed E-state index contributed by atoms with van der Waals surface area (Å²) >= 11 is 0. The highest BCUT2D eigenvalue weighted by Gasteiger charge is 2.62. The molecule has 0 heterocycles. The van der Waals surface area contributed by atoms with Crippen molar-refractivity contribution >= 4 is 15.7 Å². The predicted octanol–water partition coefficient (Wildman–Crippen LogP) is 3.09. The zero-order valence-electron chi connectivity index (χ0n) is 13.6. The minimum Gasteiger partial charge on any atom is -0.258 e. The summed E-state index contributed by atoms with van der Waals surface area (Å²) in [6.07, 6.45) is 2.89. The van der Waals surface area contributed by atoms with Crippen molar-refractivity contribution < 1.29 is 13.3 Å². The van der Waals surface area contributed by atoms with Gasteiger partial charge in [0.05, 0.1) is 4.92 Å². The summed E-state index contributed by atoms with van der Waals surface area (Å²) in [5.41, 5.74) is -0.426. The van der Waals surface area contributed by atoms with Crippen LogP contribution in [0.5, 0.6) is 0 Å². The molecule has 2 aliphatic carbocycles. The van der Waals surface area contributed by atoms with Gasteiger partial charge >= 0.3 is 0 Å². The third-order valence-electron chi connectivity index (χ3n) is 6.44. The van der Waals surface area contributed by atoms with Crippen molar-refractivity contribution in [2.45, 2.75) is 51.0 Å². The molecule has 126 valence electrons. The van der Waals surface area contributed by atoms with E-state index in [1.165, 1.54) is 24.3 Å². The van der Waals surface area contributed by atoms with Gasteiger partial charge in [0.1, 0.15) is 0 Å². The molecule has 0 amide bonds. The first-order valence-electron chi connectivity index (χ1n) is 7.85. The quantitative estimate of drug-likeness (QED) is 0.675. The van der Waals surface area contributed by atoms with Crippen LogP contribution in [-0.4, -0.2) is 19.4 Å². The molecule has 0 saturated heterocycles. The number of benzene rings is 1. The second kappa shape index (κ2) is 5.01. The molecule has 7 heteroatoms. The summed E-state index contributed by atoms with van der Waals surface area (Å²) in [4.78, 5) is 10.2. The van der Waals surface area contributed by atoms with Crippen LogP contribution in [0.1, 0.15) is 40.0 Å². The molecule has 1 aromatic rings. The number of nitro groups is 1. The van der Waals surface area contributed by atoms with Crippen LogP contribution in [0, 0.1) is 26.9 Å². The van der Waals surface area contributed by atoms with Gasteiger partial charge in [0.25, 0.3) is 5.69 Å². The number of hydrogen-bond donors (Lipinski definition) is 1. The highest BCUT2D eigenvalue weighted by Crippen LogP contribution is 2.65. The van der Waals surface area contributed by atoms with E-state index in [2.05, 4.69) is 25.5 Å². The normalized spacial score (nSPS) is 32.1. The van der Waals surface area contributed by atoms with Crippen LogP contribution in [0.3, 0.4) is 0 Å². The number of rotatable bonds is 4. The minimum atomic E-state index is -3.92. The number of nitro benzene ring substituents is 1. The van der Waals surface area contributed by atoms with Crippen molar-refractivity contribution in [3.05, 3.63) is 34.4 Å². The Balaban J connectivity index is 1.94. The Morgan fingerprint density at radius 1 is 1.26 bits per heavy atom. The largest absolute Gasteiger partial charge is 0.289 e. The molecule has 2 fully saturated rings. The zero-order chi connectivity index (χ0) is 17.0. The van der Waals surface area contributed by atoms with E-state index in [4.69, 9.17) is 0 Å². The lowest BCUT2D eigenvalue weighted by atomic mass is 9.69. The molecule has 3 atom stereocenters. The van der Waals surface area contributed by atoms with Crippen LogP contribution in [0.4, 0.5) is 5.69 Å².